The van der Waals surface area contributed by atoms with Gasteiger partial charge in [-0.25, -0.2) is 8.78 Å². The summed E-state index contributed by atoms with van der Waals surface area (Å²) >= 11 is 7.46. The van der Waals surface area contributed by atoms with Gasteiger partial charge in [-0.1, -0.05) is 11.6 Å². The highest BCUT2D eigenvalue weighted by Crippen LogP contribution is 2.32. The number of hydrogen-bond acceptors (Lipinski definition) is 2. The fourth-order valence-electron chi connectivity index (χ4n) is 1.53. The Morgan fingerprint density at radius 1 is 1.24 bits per heavy atom. The molecule has 1 N–H and O–H groups in total. The van der Waals surface area contributed by atoms with E-state index >= 15 is 0 Å². The van der Waals surface area contributed by atoms with Gasteiger partial charge in [0.05, 0.1) is 5.02 Å². The van der Waals surface area contributed by atoms with Crippen LogP contribution in [-0.4, -0.2) is 7.05 Å². The van der Waals surface area contributed by atoms with Gasteiger partial charge in [0.15, 0.2) is 11.6 Å². The number of nitrogens with one attached hydrogen (secondary N) is 1. The van der Waals surface area contributed by atoms with Gasteiger partial charge in [0.2, 0.25) is 0 Å². The van der Waals surface area contributed by atoms with Crippen LogP contribution >= 0.6 is 22.9 Å². The van der Waals surface area contributed by atoms with Crippen LogP contribution in [-0.2, 0) is 6.54 Å². The first-order valence-electron chi connectivity index (χ1n) is 4.98. The molecule has 0 fully saturated rings. The Labute approximate surface area is 107 Å². The van der Waals surface area contributed by atoms with Crippen LogP contribution in [0.1, 0.15) is 4.88 Å². The van der Waals surface area contributed by atoms with Crippen molar-refractivity contribution >= 4 is 22.9 Å². The predicted molar refractivity (Wildman–Crippen MR) is 67.4 cm³/mol. The third-order valence-corrected chi connectivity index (χ3v) is 3.58. The minimum Gasteiger partial charge on any atom is -0.315 e. The summed E-state index contributed by atoms with van der Waals surface area (Å²) < 4.78 is 26.1. The first kappa shape index (κ1) is 12.5. The van der Waals surface area contributed by atoms with Crippen molar-refractivity contribution < 1.29 is 8.78 Å². The summed E-state index contributed by atoms with van der Waals surface area (Å²) in [5.74, 6) is -1.81. The summed E-state index contributed by atoms with van der Waals surface area (Å²) in [4.78, 5) is 1.11. The molecule has 17 heavy (non-hydrogen) atoms. The lowest BCUT2D eigenvalue weighted by molar-refractivity contribution is 0.509. The van der Waals surface area contributed by atoms with E-state index < -0.39 is 11.6 Å². The van der Waals surface area contributed by atoms with Crippen molar-refractivity contribution in [2.75, 3.05) is 7.05 Å². The van der Waals surface area contributed by atoms with E-state index in [0.717, 1.165) is 29.1 Å². The number of hydrogen-bond donors (Lipinski definition) is 1. The molecule has 90 valence electrons. The molecule has 2 aromatic rings. The Morgan fingerprint density at radius 2 is 1.94 bits per heavy atom. The minimum absolute atomic E-state index is 0.220. The van der Waals surface area contributed by atoms with Crippen molar-refractivity contribution in [2.24, 2.45) is 0 Å². The molecule has 1 aromatic carbocycles. The Kier molecular flexibility index (Phi) is 3.76. The zero-order chi connectivity index (χ0) is 12.4. The molecule has 5 heteroatoms. The number of benzene rings is 1. The van der Waals surface area contributed by atoms with Gasteiger partial charge in [0.1, 0.15) is 0 Å². The molecule has 0 saturated heterocycles. The monoisotopic (exact) mass is 273 g/mol. The maximum absolute atomic E-state index is 13.2. The standard InChI is InChI=1S/C12H10ClF2NS/c1-16-5-8-2-7(6-17-8)9-3-11(14)12(15)4-10(9)13/h2-4,6,16H,5H2,1H3. The number of halogens is 3. The third kappa shape index (κ3) is 2.65. The second-order valence-electron chi connectivity index (χ2n) is 3.58. The van der Waals surface area contributed by atoms with Crippen LogP contribution in [0.15, 0.2) is 23.6 Å². The molecule has 0 aliphatic carbocycles. The van der Waals surface area contributed by atoms with Crippen LogP contribution in [0.25, 0.3) is 11.1 Å². The highest BCUT2D eigenvalue weighted by atomic mass is 35.5. The molecule has 0 aliphatic rings. The molecule has 0 amide bonds. The molecule has 1 aromatic heterocycles. The van der Waals surface area contributed by atoms with Gasteiger partial charge in [-0.3, -0.25) is 0 Å². The van der Waals surface area contributed by atoms with Crippen molar-refractivity contribution in [3.8, 4) is 11.1 Å². The Morgan fingerprint density at radius 3 is 2.65 bits per heavy atom. The van der Waals surface area contributed by atoms with E-state index in [2.05, 4.69) is 5.32 Å². The third-order valence-electron chi connectivity index (χ3n) is 2.33. The van der Waals surface area contributed by atoms with Crippen LogP contribution < -0.4 is 5.32 Å². The summed E-state index contributed by atoms with van der Waals surface area (Å²) in [6.45, 7) is 0.742. The van der Waals surface area contributed by atoms with Crippen molar-refractivity contribution in [2.45, 2.75) is 6.54 Å². The molecule has 0 aliphatic heterocycles. The van der Waals surface area contributed by atoms with Crippen molar-refractivity contribution in [1.82, 2.24) is 5.32 Å². The Bertz CT molecular complexity index is 539. The van der Waals surface area contributed by atoms with Gasteiger partial charge < -0.3 is 5.32 Å². The van der Waals surface area contributed by atoms with Gasteiger partial charge in [-0.15, -0.1) is 11.3 Å². The molecule has 0 saturated carbocycles. The minimum atomic E-state index is -0.926. The smallest absolute Gasteiger partial charge is 0.160 e. The fraction of sp³-hybridized carbons (Fsp3) is 0.167. The van der Waals surface area contributed by atoms with E-state index in [4.69, 9.17) is 11.6 Å². The summed E-state index contributed by atoms with van der Waals surface area (Å²) in [6, 6.07) is 4.05. The number of thiophene rings is 1. The van der Waals surface area contributed by atoms with Crippen LogP contribution in [0.2, 0.25) is 5.02 Å². The van der Waals surface area contributed by atoms with Gasteiger partial charge >= 0.3 is 0 Å². The molecule has 0 spiro atoms. The van der Waals surface area contributed by atoms with Gasteiger partial charge in [0.25, 0.3) is 0 Å². The Balaban J connectivity index is 2.41. The van der Waals surface area contributed by atoms with E-state index in [9.17, 15) is 8.78 Å². The van der Waals surface area contributed by atoms with E-state index in [1.807, 2.05) is 18.5 Å². The molecular weight excluding hydrogens is 264 g/mol. The van der Waals surface area contributed by atoms with Gasteiger partial charge in [-0.2, -0.15) is 0 Å². The largest absolute Gasteiger partial charge is 0.315 e. The Hall–Kier alpha value is -0.970. The molecule has 0 radical (unpaired) electrons. The van der Waals surface area contributed by atoms with E-state index in [1.165, 1.54) is 0 Å². The topological polar surface area (TPSA) is 12.0 Å². The van der Waals surface area contributed by atoms with Crippen LogP contribution in [0.5, 0.6) is 0 Å². The van der Waals surface area contributed by atoms with E-state index in [1.54, 1.807) is 11.3 Å². The molecule has 0 bridgehead atoms. The lowest BCUT2D eigenvalue weighted by atomic mass is 10.1. The highest BCUT2D eigenvalue weighted by Gasteiger charge is 2.11. The zero-order valence-corrected chi connectivity index (χ0v) is 10.6. The molecule has 0 unspecified atom stereocenters. The summed E-state index contributed by atoms with van der Waals surface area (Å²) in [6.07, 6.45) is 0. The normalized spacial score (nSPS) is 10.8. The van der Waals surface area contributed by atoms with Crippen molar-refractivity contribution in [1.29, 1.82) is 0 Å². The SMILES string of the molecule is CNCc1cc(-c2cc(F)c(F)cc2Cl)cs1. The van der Waals surface area contributed by atoms with E-state index in [0.29, 0.717) is 5.56 Å². The summed E-state index contributed by atoms with van der Waals surface area (Å²) in [5, 5.41) is 5.13. The predicted octanol–water partition coefficient (Wildman–Crippen LogP) is 4.07. The molecular formula is C12H10ClF2NS. The molecule has 1 heterocycles. The number of rotatable bonds is 3. The van der Waals surface area contributed by atoms with E-state index in [-0.39, 0.29) is 5.02 Å². The quantitative estimate of drug-likeness (QED) is 0.832. The second-order valence-corrected chi connectivity index (χ2v) is 4.98. The average Bonchev–Trinajstić information content (AvgIpc) is 2.72. The van der Waals surface area contributed by atoms with Gasteiger partial charge in [0, 0.05) is 17.0 Å². The molecule has 0 atom stereocenters. The lowest BCUT2D eigenvalue weighted by Crippen LogP contribution is -2.02. The maximum Gasteiger partial charge on any atom is 0.160 e. The lowest BCUT2D eigenvalue weighted by Gasteiger charge is -2.02. The van der Waals surface area contributed by atoms with Gasteiger partial charge in [-0.05, 0) is 36.2 Å². The highest BCUT2D eigenvalue weighted by molar-refractivity contribution is 7.10. The second kappa shape index (κ2) is 5.12. The zero-order valence-electron chi connectivity index (χ0n) is 9.06. The van der Waals surface area contributed by atoms with Crippen LogP contribution in [0.3, 0.4) is 0 Å². The fourth-order valence-corrected chi connectivity index (χ4v) is 2.69. The first-order valence-corrected chi connectivity index (χ1v) is 6.24. The first-order chi connectivity index (χ1) is 8.11. The summed E-state index contributed by atoms with van der Waals surface area (Å²) in [5.41, 5.74) is 1.33. The average molecular weight is 274 g/mol. The molecule has 2 rings (SSSR count). The van der Waals surface area contributed by atoms with Crippen molar-refractivity contribution in [3.63, 3.8) is 0 Å². The maximum atomic E-state index is 13.2. The van der Waals surface area contributed by atoms with Crippen LogP contribution in [0, 0.1) is 11.6 Å². The van der Waals surface area contributed by atoms with Crippen molar-refractivity contribution in [3.05, 3.63) is 45.1 Å². The summed E-state index contributed by atoms with van der Waals surface area (Å²) in [7, 11) is 1.85. The van der Waals surface area contributed by atoms with Crippen LogP contribution in [0.4, 0.5) is 8.78 Å². The molecule has 1 nitrogen and oxygen atoms in total.